The second-order valence-corrected chi connectivity index (χ2v) is 5.99. The van der Waals surface area contributed by atoms with Gasteiger partial charge in [0.2, 0.25) is 0 Å². The minimum absolute atomic E-state index is 0.0283. The molecule has 2 nitrogen and oxygen atoms in total. The zero-order valence-electron chi connectivity index (χ0n) is 13.3. The van der Waals surface area contributed by atoms with E-state index < -0.39 is 0 Å². The molecule has 108 valence electrons. The first kappa shape index (κ1) is 17.5. The monoisotopic (exact) mass is 256 g/mol. The summed E-state index contributed by atoms with van der Waals surface area (Å²) in [7, 11) is 0. The van der Waals surface area contributed by atoms with Crippen molar-refractivity contribution in [3.05, 3.63) is 0 Å². The molecule has 1 fully saturated rings. The molecular formula is C16H32O2. The Morgan fingerprint density at radius 1 is 1.11 bits per heavy atom. The van der Waals surface area contributed by atoms with Crippen molar-refractivity contribution < 1.29 is 9.53 Å². The maximum absolute atomic E-state index is 12.1. The smallest absolute Gasteiger partial charge is 0.312 e. The van der Waals surface area contributed by atoms with Crippen LogP contribution in [0.4, 0.5) is 0 Å². The van der Waals surface area contributed by atoms with Crippen LogP contribution in [0.5, 0.6) is 0 Å². The molecule has 0 bridgehead atoms. The van der Waals surface area contributed by atoms with Crippen LogP contribution < -0.4 is 0 Å². The fourth-order valence-corrected chi connectivity index (χ4v) is 2.08. The number of hydrogen-bond acceptors (Lipinski definition) is 2. The van der Waals surface area contributed by atoms with Crippen LogP contribution in [0.1, 0.15) is 86.5 Å². The Morgan fingerprint density at radius 2 is 1.56 bits per heavy atom. The molecule has 0 aromatic heterocycles. The molecule has 0 heterocycles. The van der Waals surface area contributed by atoms with E-state index >= 15 is 0 Å². The molecule has 0 aliphatic heterocycles. The van der Waals surface area contributed by atoms with E-state index in [4.69, 9.17) is 4.74 Å². The second kappa shape index (κ2) is 7.81. The number of rotatable bonds is 3. The zero-order chi connectivity index (χ0) is 14.2. The summed E-state index contributed by atoms with van der Waals surface area (Å²) in [6.07, 6.45) is 7.83. The molecule has 18 heavy (non-hydrogen) atoms. The molecule has 0 atom stereocenters. The summed E-state index contributed by atoms with van der Waals surface area (Å²) in [6.45, 7) is 12.1. The van der Waals surface area contributed by atoms with Crippen LogP contribution in [0, 0.1) is 5.41 Å². The zero-order valence-corrected chi connectivity index (χ0v) is 13.3. The Hall–Kier alpha value is -0.530. The van der Waals surface area contributed by atoms with E-state index in [0.717, 1.165) is 19.3 Å². The lowest BCUT2D eigenvalue weighted by Crippen LogP contribution is -2.37. The fourth-order valence-electron chi connectivity index (χ4n) is 2.08. The van der Waals surface area contributed by atoms with Crippen LogP contribution in [-0.4, -0.2) is 11.6 Å². The molecule has 1 aliphatic rings. The highest BCUT2D eigenvalue weighted by Gasteiger charge is 2.35. The first-order chi connectivity index (χ1) is 8.40. The van der Waals surface area contributed by atoms with Gasteiger partial charge in [-0.3, -0.25) is 4.79 Å². The average molecular weight is 256 g/mol. The van der Waals surface area contributed by atoms with Gasteiger partial charge >= 0.3 is 5.97 Å². The van der Waals surface area contributed by atoms with Crippen LogP contribution in [0.15, 0.2) is 0 Å². The van der Waals surface area contributed by atoms with E-state index in [1.807, 2.05) is 34.6 Å². The number of hydrogen-bond donors (Lipinski definition) is 0. The molecule has 1 aliphatic carbocycles. The van der Waals surface area contributed by atoms with E-state index in [0.29, 0.717) is 0 Å². The lowest BCUT2D eigenvalue weighted by molar-refractivity contribution is -0.170. The largest absolute Gasteiger partial charge is 0.459 e. The topological polar surface area (TPSA) is 26.3 Å². The van der Waals surface area contributed by atoms with Gasteiger partial charge in [0.15, 0.2) is 0 Å². The molecule has 0 N–H and O–H groups in total. The summed E-state index contributed by atoms with van der Waals surface area (Å²) in [5, 5.41) is 0. The van der Waals surface area contributed by atoms with E-state index in [9.17, 15) is 4.79 Å². The summed E-state index contributed by atoms with van der Waals surface area (Å²) in [4.78, 5) is 12.1. The SMILES string of the molecule is CC.CCC(C)(C)C(=O)OC1(C)CCCCCC1. The third kappa shape index (κ3) is 5.41. The van der Waals surface area contributed by atoms with E-state index in [1.54, 1.807) is 0 Å². The summed E-state index contributed by atoms with van der Waals surface area (Å²) >= 11 is 0. The van der Waals surface area contributed by atoms with Crippen LogP contribution in [0.25, 0.3) is 0 Å². The van der Waals surface area contributed by atoms with Gasteiger partial charge in [0.1, 0.15) is 5.60 Å². The van der Waals surface area contributed by atoms with E-state index in [1.165, 1.54) is 25.7 Å². The molecule has 0 aromatic rings. The number of carbonyl (C=O) groups excluding carboxylic acids is 1. The maximum Gasteiger partial charge on any atom is 0.312 e. The van der Waals surface area contributed by atoms with Crippen molar-refractivity contribution in [2.75, 3.05) is 0 Å². The van der Waals surface area contributed by atoms with Crippen molar-refractivity contribution in [1.29, 1.82) is 0 Å². The van der Waals surface area contributed by atoms with Gasteiger partial charge in [-0.2, -0.15) is 0 Å². The Balaban J connectivity index is 0.00000137. The molecule has 0 amide bonds. The predicted octanol–water partition coefficient (Wildman–Crippen LogP) is 5.10. The van der Waals surface area contributed by atoms with Crippen LogP contribution in [0.2, 0.25) is 0 Å². The molecule has 1 saturated carbocycles. The average Bonchev–Trinajstić information content (AvgIpc) is 2.56. The van der Waals surface area contributed by atoms with Crippen molar-refractivity contribution in [1.82, 2.24) is 0 Å². The highest BCUT2D eigenvalue weighted by atomic mass is 16.6. The molecule has 2 heteroatoms. The van der Waals surface area contributed by atoms with Gasteiger partial charge in [-0.05, 0) is 52.9 Å². The fraction of sp³-hybridized carbons (Fsp3) is 0.938. The summed E-state index contributed by atoms with van der Waals surface area (Å²) < 4.78 is 5.78. The van der Waals surface area contributed by atoms with Crippen molar-refractivity contribution in [2.45, 2.75) is 92.1 Å². The summed E-state index contributed by atoms with van der Waals surface area (Å²) in [6, 6.07) is 0. The van der Waals surface area contributed by atoms with Gasteiger partial charge in [-0.15, -0.1) is 0 Å². The number of ether oxygens (including phenoxy) is 1. The third-order valence-corrected chi connectivity index (χ3v) is 3.94. The van der Waals surface area contributed by atoms with Gasteiger partial charge in [-0.25, -0.2) is 0 Å². The van der Waals surface area contributed by atoms with Crippen molar-refractivity contribution in [3.63, 3.8) is 0 Å². The number of esters is 1. The van der Waals surface area contributed by atoms with Crippen molar-refractivity contribution >= 4 is 5.97 Å². The Labute approximate surface area is 113 Å². The van der Waals surface area contributed by atoms with Crippen molar-refractivity contribution in [3.8, 4) is 0 Å². The van der Waals surface area contributed by atoms with Crippen molar-refractivity contribution in [2.24, 2.45) is 5.41 Å². The standard InChI is InChI=1S/C14H26O2.C2H6/c1-5-13(2,3)12(15)16-14(4)10-8-6-7-9-11-14;1-2/h5-11H2,1-4H3;1-2H3. The van der Waals surface area contributed by atoms with Gasteiger partial charge < -0.3 is 4.74 Å². The van der Waals surface area contributed by atoms with E-state index in [-0.39, 0.29) is 17.0 Å². The first-order valence-corrected chi connectivity index (χ1v) is 7.63. The Morgan fingerprint density at radius 3 is 1.94 bits per heavy atom. The molecule has 0 aromatic carbocycles. The van der Waals surface area contributed by atoms with E-state index in [2.05, 4.69) is 6.92 Å². The molecular weight excluding hydrogens is 224 g/mol. The van der Waals surface area contributed by atoms with Gasteiger partial charge in [0.25, 0.3) is 0 Å². The van der Waals surface area contributed by atoms with Crippen LogP contribution in [-0.2, 0) is 9.53 Å². The third-order valence-electron chi connectivity index (χ3n) is 3.94. The lowest BCUT2D eigenvalue weighted by atomic mass is 9.89. The van der Waals surface area contributed by atoms with Gasteiger partial charge in [0, 0.05) is 0 Å². The predicted molar refractivity (Wildman–Crippen MR) is 77.6 cm³/mol. The number of carbonyl (C=O) groups is 1. The molecule has 1 rings (SSSR count). The van der Waals surface area contributed by atoms with Crippen LogP contribution >= 0.6 is 0 Å². The summed E-state index contributed by atoms with van der Waals surface area (Å²) in [5.41, 5.74) is -0.546. The molecule has 0 radical (unpaired) electrons. The summed E-state index contributed by atoms with van der Waals surface area (Å²) in [5.74, 6) is -0.0283. The Bertz CT molecular complexity index is 235. The molecule has 0 saturated heterocycles. The molecule has 0 unspecified atom stereocenters. The quantitative estimate of drug-likeness (QED) is 0.518. The van der Waals surface area contributed by atoms with Gasteiger partial charge in [-0.1, -0.05) is 33.6 Å². The first-order valence-electron chi connectivity index (χ1n) is 7.63. The Kier molecular flexibility index (Phi) is 7.58. The second-order valence-electron chi connectivity index (χ2n) is 5.99. The lowest BCUT2D eigenvalue weighted by Gasteiger charge is -2.32. The van der Waals surface area contributed by atoms with Gasteiger partial charge in [0.05, 0.1) is 5.41 Å². The van der Waals surface area contributed by atoms with Crippen LogP contribution in [0.3, 0.4) is 0 Å². The highest BCUT2D eigenvalue weighted by Crippen LogP contribution is 2.33. The molecule has 0 spiro atoms. The minimum atomic E-state index is -0.338. The normalized spacial score (nSPS) is 19.2. The maximum atomic E-state index is 12.1. The highest BCUT2D eigenvalue weighted by molar-refractivity contribution is 5.76. The minimum Gasteiger partial charge on any atom is -0.459 e.